The predicted octanol–water partition coefficient (Wildman–Crippen LogP) is 1.11. The molecule has 0 aromatic carbocycles. The molecule has 0 aromatic heterocycles. The lowest BCUT2D eigenvalue weighted by Crippen LogP contribution is -2.41. The van der Waals surface area contributed by atoms with Crippen LogP contribution in [0.1, 0.15) is 26.2 Å². The van der Waals surface area contributed by atoms with Crippen LogP contribution in [0.15, 0.2) is 0 Å². The second kappa shape index (κ2) is 6.62. The number of halogens is 3. The van der Waals surface area contributed by atoms with E-state index in [2.05, 4.69) is 4.84 Å². The topological polar surface area (TPSA) is 64.4 Å². The molecule has 90 valence electrons. The van der Waals surface area contributed by atoms with E-state index in [1.807, 2.05) is 6.92 Å². The number of amides is 1. The summed E-state index contributed by atoms with van der Waals surface area (Å²) in [6.07, 6.45) is -2.42. The number of hydroxylamine groups is 1. The van der Waals surface area contributed by atoms with Gasteiger partial charge in [-0.05, 0) is 6.42 Å². The van der Waals surface area contributed by atoms with Crippen LogP contribution in [0.3, 0.4) is 0 Å². The van der Waals surface area contributed by atoms with Crippen LogP contribution in [0.5, 0.6) is 0 Å². The summed E-state index contributed by atoms with van der Waals surface area (Å²) in [4.78, 5) is 15.0. The van der Waals surface area contributed by atoms with E-state index in [4.69, 9.17) is 5.73 Å². The molecule has 0 heterocycles. The minimum atomic E-state index is -4.46. The molecular formula is C8H15F3N2O2. The van der Waals surface area contributed by atoms with Gasteiger partial charge in [0.25, 0.3) is 5.91 Å². The van der Waals surface area contributed by atoms with Crippen LogP contribution in [0.4, 0.5) is 13.2 Å². The Morgan fingerprint density at radius 3 is 2.60 bits per heavy atom. The third-order valence-corrected chi connectivity index (χ3v) is 1.61. The number of rotatable bonds is 6. The summed E-state index contributed by atoms with van der Waals surface area (Å²) in [6.45, 7) is 0.407. The second-order valence-corrected chi connectivity index (χ2v) is 3.12. The minimum Gasteiger partial charge on any atom is -0.320 e. The quantitative estimate of drug-likeness (QED) is 0.669. The molecule has 4 nitrogen and oxygen atoms in total. The monoisotopic (exact) mass is 228 g/mol. The Kier molecular flexibility index (Phi) is 6.26. The average Bonchev–Trinajstić information content (AvgIpc) is 2.11. The maximum Gasteiger partial charge on any atom is 0.414 e. The molecule has 7 heteroatoms. The van der Waals surface area contributed by atoms with Crippen LogP contribution >= 0.6 is 0 Å². The van der Waals surface area contributed by atoms with Gasteiger partial charge in [-0.2, -0.15) is 13.2 Å². The normalized spacial score (nSPS) is 13.7. The molecular weight excluding hydrogens is 213 g/mol. The third-order valence-electron chi connectivity index (χ3n) is 1.61. The van der Waals surface area contributed by atoms with Gasteiger partial charge in [0, 0.05) is 0 Å². The van der Waals surface area contributed by atoms with Crippen molar-refractivity contribution in [1.29, 1.82) is 0 Å². The number of alkyl halides is 3. The standard InChI is InChI=1S/C8H15F3N2O2/c1-2-3-4-6(12)7(14)13-15-5-8(9,10)11/h6H,2-5,12H2,1H3,(H,13,14)/t6-/m0/s1. The summed E-state index contributed by atoms with van der Waals surface area (Å²) in [5.41, 5.74) is 7.04. The van der Waals surface area contributed by atoms with Crippen LogP contribution < -0.4 is 11.2 Å². The molecule has 0 aliphatic heterocycles. The van der Waals surface area contributed by atoms with E-state index in [1.54, 1.807) is 5.48 Å². The van der Waals surface area contributed by atoms with Crippen molar-refractivity contribution >= 4 is 5.91 Å². The Balaban J connectivity index is 3.64. The molecule has 0 aromatic rings. The van der Waals surface area contributed by atoms with Gasteiger partial charge in [0.05, 0.1) is 6.04 Å². The molecule has 1 amide bonds. The van der Waals surface area contributed by atoms with Gasteiger partial charge >= 0.3 is 6.18 Å². The van der Waals surface area contributed by atoms with Gasteiger partial charge in [0.15, 0.2) is 6.61 Å². The van der Waals surface area contributed by atoms with Gasteiger partial charge < -0.3 is 5.73 Å². The van der Waals surface area contributed by atoms with E-state index in [9.17, 15) is 18.0 Å². The fourth-order valence-electron chi connectivity index (χ4n) is 0.820. The first-order chi connectivity index (χ1) is 6.87. The first-order valence-corrected chi connectivity index (χ1v) is 4.60. The lowest BCUT2D eigenvalue weighted by Gasteiger charge is -2.12. The summed E-state index contributed by atoms with van der Waals surface area (Å²) in [7, 11) is 0. The smallest absolute Gasteiger partial charge is 0.320 e. The van der Waals surface area contributed by atoms with Crippen molar-refractivity contribution in [1.82, 2.24) is 5.48 Å². The summed E-state index contributed by atoms with van der Waals surface area (Å²) in [5, 5.41) is 0. The maximum absolute atomic E-state index is 11.6. The zero-order chi connectivity index (χ0) is 11.9. The van der Waals surface area contributed by atoms with Gasteiger partial charge in [0.2, 0.25) is 0 Å². The van der Waals surface area contributed by atoms with Gasteiger partial charge in [-0.25, -0.2) is 5.48 Å². The zero-order valence-electron chi connectivity index (χ0n) is 8.43. The van der Waals surface area contributed by atoms with Gasteiger partial charge in [-0.1, -0.05) is 19.8 Å². The lowest BCUT2D eigenvalue weighted by atomic mass is 10.1. The van der Waals surface area contributed by atoms with E-state index in [1.165, 1.54) is 0 Å². The molecule has 0 fully saturated rings. The summed E-state index contributed by atoms with van der Waals surface area (Å²) >= 11 is 0. The molecule has 0 radical (unpaired) electrons. The molecule has 0 saturated heterocycles. The van der Waals surface area contributed by atoms with Crippen LogP contribution in [-0.4, -0.2) is 24.7 Å². The number of hydrogen-bond acceptors (Lipinski definition) is 3. The first-order valence-electron chi connectivity index (χ1n) is 4.60. The van der Waals surface area contributed by atoms with Crippen molar-refractivity contribution in [2.75, 3.05) is 6.61 Å². The number of nitrogens with two attached hydrogens (primary N) is 1. The first kappa shape index (κ1) is 14.2. The van der Waals surface area contributed by atoms with Crippen LogP contribution in [-0.2, 0) is 9.63 Å². The van der Waals surface area contributed by atoms with Crippen LogP contribution in [0.25, 0.3) is 0 Å². The zero-order valence-corrected chi connectivity index (χ0v) is 8.43. The Hall–Kier alpha value is -0.820. The van der Waals surface area contributed by atoms with Crippen molar-refractivity contribution in [3.05, 3.63) is 0 Å². The van der Waals surface area contributed by atoms with Crippen LogP contribution in [0.2, 0.25) is 0 Å². The van der Waals surface area contributed by atoms with Crippen molar-refractivity contribution < 1.29 is 22.8 Å². The van der Waals surface area contributed by atoms with E-state index < -0.39 is 24.7 Å². The molecule has 0 aliphatic carbocycles. The van der Waals surface area contributed by atoms with Gasteiger partial charge in [0.1, 0.15) is 0 Å². The average molecular weight is 228 g/mol. The van der Waals surface area contributed by atoms with Crippen molar-refractivity contribution in [2.45, 2.75) is 38.4 Å². The number of hydrogen-bond donors (Lipinski definition) is 2. The fourth-order valence-corrected chi connectivity index (χ4v) is 0.820. The molecule has 1 atom stereocenters. The van der Waals surface area contributed by atoms with E-state index in [0.29, 0.717) is 6.42 Å². The Labute approximate surface area is 85.9 Å². The Morgan fingerprint density at radius 1 is 1.53 bits per heavy atom. The maximum atomic E-state index is 11.6. The predicted molar refractivity (Wildman–Crippen MR) is 47.7 cm³/mol. The highest BCUT2D eigenvalue weighted by Crippen LogP contribution is 2.13. The van der Waals surface area contributed by atoms with E-state index >= 15 is 0 Å². The molecule has 0 saturated carbocycles. The molecule has 15 heavy (non-hydrogen) atoms. The Morgan fingerprint density at radius 2 is 2.13 bits per heavy atom. The second-order valence-electron chi connectivity index (χ2n) is 3.12. The molecule has 0 rings (SSSR count). The van der Waals surface area contributed by atoms with Crippen molar-refractivity contribution in [3.8, 4) is 0 Å². The largest absolute Gasteiger partial charge is 0.414 e. The number of carbonyl (C=O) groups excluding carboxylic acids is 1. The van der Waals surface area contributed by atoms with Gasteiger partial charge in [-0.3, -0.25) is 9.63 Å². The number of unbranched alkanes of at least 4 members (excludes halogenated alkanes) is 1. The minimum absolute atomic E-state index is 0.428. The lowest BCUT2D eigenvalue weighted by molar-refractivity contribution is -0.192. The highest BCUT2D eigenvalue weighted by molar-refractivity contribution is 5.80. The SMILES string of the molecule is CCCC[C@H](N)C(=O)NOCC(F)(F)F. The van der Waals surface area contributed by atoms with Crippen molar-refractivity contribution in [3.63, 3.8) is 0 Å². The number of carbonyl (C=O) groups is 1. The van der Waals surface area contributed by atoms with Gasteiger partial charge in [-0.15, -0.1) is 0 Å². The highest BCUT2D eigenvalue weighted by Gasteiger charge is 2.28. The molecule has 0 spiro atoms. The van der Waals surface area contributed by atoms with E-state index in [-0.39, 0.29) is 0 Å². The fraction of sp³-hybridized carbons (Fsp3) is 0.875. The molecule has 0 aliphatic rings. The Bertz CT molecular complexity index is 197. The summed E-state index contributed by atoms with van der Waals surface area (Å²) in [6, 6.07) is -0.821. The van der Waals surface area contributed by atoms with E-state index in [0.717, 1.165) is 12.8 Å². The summed E-state index contributed by atoms with van der Waals surface area (Å²) < 4.78 is 34.8. The third kappa shape index (κ3) is 8.19. The van der Waals surface area contributed by atoms with Crippen LogP contribution in [0, 0.1) is 0 Å². The molecule has 0 unspecified atom stereocenters. The van der Waals surface area contributed by atoms with Crippen molar-refractivity contribution in [2.24, 2.45) is 5.73 Å². The molecule has 0 bridgehead atoms. The highest BCUT2D eigenvalue weighted by atomic mass is 19.4. The number of nitrogens with one attached hydrogen (secondary N) is 1. The molecule has 3 N–H and O–H groups in total. The summed E-state index contributed by atoms with van der Waals surface area (Å²) in [5.74, 6) is -0.729.